The molecule has 1 aromatic carbocycles. The van der Waals surface area contributed by atoms with Crippen molar-refractivity contribution in [2.45, 2.75) is 39.4 Å². The molecular formula is C19H26FN5O2. The zero-order valence-corrected chi connectivity index (χ0v) is 16.1. The van der Waals surface area contributed by atoms with Crippen molar-refractivity contribution in [2.75, 3.05) is 13.6 Å². The molecule has 0 radical (unpaired) electrons. The van der Waals surface area contributed by atoms with Gasteiger partial charge in [0.2, 0.25) is 6.41 Å². The molecule has 2 heterocycles. The highest BCUT2D eigenvalue weighted by molar-refractivity contribution is 6.00. The van der Waals surface area contributed by atoms with Crippen LogP contribution in [-0.2, 0) is 17.9 Å². The summed E-state index contributed by atoms with van der Waals surface area (Å²) in [5.74, 6) is -1.05. The molecule has 2 aromatic rings. The van der Waals surface area contributed by atoms with Gasteiger partial charge in [-0.15, -0.1) is 0 Å². The average molecular weight is 375 g/mol. The summed E-state index contributed by atoms with van der Waals surface area (Å²) in [5, 5.41) is 7.46. The second-order valence-corrected chi connectivity index (χ2v) is 7.34. The lowest BCUT2D eigenvalue weighted by molar-refractivity contribution is -0.119. The maximum absolute atomic E-state index is 13.4. The van der Waals surface area contributed by atoms with Crippen molar-refractivity contribution in [3.8, 4) is 11.3 Å². The van der Waals surface area contributed by atoms with Gasteiger partial charge in [-0.25, -0.2) is 4.39 Å². The number of rotatable bonds is 3. The topological polar surface area (TPSA) is 93.2 Å². The Morgan fingerprint density at radius 1 is 1.33 bits per heavy atom. The van der Waals surface area contributed by atoms with Crippen LogP contribution in [0.4, 0.5) is 4.39 Å². The highest BCUT2D eigenvalue weighted by atomic mass is 19.1. The lowest BCUT2D eigenvalue weighted by Crippen LogP contribution is -2.34. The number of hydrogen-bond donors (Lipinski definition) is 2. The second-order valence-electron chi connectivity index (χ2n) is 7.34. The molecule has 0 aliphatic carbocycles. The summed E-state index contributed by atoms with van der Waals surface area (Å²) in [6.07, 6.45) is 0.725. The van der Waals surface area contributed by atoms with Gasteiger partial charge in [-0.2, -0.15) is 5.10 Å². The maximum atomic E-state index is 13.4. The summed E-state index contributed by atoms with van der Waals surface area (Å²) in [7, 11) is 1.96. The smallest absolute Gasteiger partial charge is 0.252 e. The summed E-state index contributed by atoms with van der Waals surface area (Å²) < 4.78 is 15.0. The molecule has 0 spiro atoms. The van der Waals surface area contributed by atoms with E-state index >= 15 is 0 Å². The van der Waals surface area contributed by atoms with Crippen LogP contribution in [0.15, 0.2) is 24.3 Å². The van der Waals surface area contributed by atoms with E-state index in [1.54, 1.807) is 21.7 Å². The molecule has 0 bridgehead atoms. The molecule has 146 valence electrons. The number of nitrogens with two attached hydrogens (primary N) is 1. The minimum Gasteiger partial charge on any atom is -0.365 e. The van der Waals surface area contributed by atoms with Gasteiger partial charge in [0.1, 0.15) is 11.5 Å². The van der Waals surface area contributed by atoms with Crippen molar-refractivity contribution in [1.29, 1.82) is 0 Å². The number of aromatic nitrogens is 2. The Morgan fingerprint density at radius 2 is 2.00 bits per heavy atom. The first-order chi connectivity index (χ1) is 12.7. The Kier molecular flexibility index (Phi) is 6.32. The number of halogens is 1. The number of nitrogens with one attached hydrogen (secondary N) is 1. The van der Waals surface area contributed by atoms with E-state index in [-0.39, 0.29) is 12.1 Å². The fraction of sp³-hybridized carbons (Fsp3) is 0.421. The fourth-order valence-electron chi connectivity index (χ4n) is 2.52. The van der Waals surface area contributed by atoms with Crippen LogP contribution in [0.5, 0.6) is 0 Å². The molecule has 1 aliphatic heterocycles. The molecule has 0 fully saturated rings. The van der Waals surface area contributed by atoms with Crippen LogP contribution in [0.2, 0.25) is 0 Å². The van der Waals surface area contributed by atoms with Gasteiger partial charge >= 0.3 is 0 Å². The fourth-order valence-corrected chi connectivity index (χ4v) is 2.52. The van der Waals surface area contributed by atoms with Crippen LogP contribution in [0, 0.1) is 5.82 Å². The number of primary amides is 1. The number of hydrogen-bond acceptors (Lipinski definition) is 4. The van der Waals surface area contributed by atoms with Crippen LogP contribution in [0.3, 0.4) is 0 Å². The molecule has 7 nitrogen and oxygen atoms in total. The third-order valence-corrected chi connectivity index (χ3v) is 4.25. The first-order valence-corrected chi connectivity index (χ1v) is 8.70. The zero-order chi connectivity index (χ0) is 20.2. The molecule has 0 saturated heterocycles. The number of carbonyl (C=O) groups is 2. The minimum atomic E-state index is -0.636. The van der Waals surface area contributed by atoms with Crippen LogP contribution in [-0.4, -0.2) is 46.1 Å². The Morgan fingerprint density at radius 3 is 2.52 bits per heavy atom. The van der Waals surface area contributed by atoms with E-state index < -0.39 is 11.7 Å². The predicted molar refractivity (Wildman–Crippen MR) is 101 cm³/mol. The Hall–Kier alpha value is -2.74. The second kappa shape index (κ2) is 8.30. The summed E-state index contributed by atoms with van der Waals surface area (Å²) in [4.78, 5) is 24.2. The van der Waals surface area contributed by atoms with E-state index in [2.05, 4.69) is 31.2 Å². The molecule has 3 rings (SSSR count). The van der Waals surface area contributed by atoms with Crippen molar-refractivity contribution >= 4 is 12.3 Å². The third kappa shape index (κ3) is 5.13. The van der Waals surface area contributed by atoms with Gasteiger partial charge in [-0.3, -0.25) is 14.3 Å². The van der Waals surface area contributed by atoms with Gasteiger partial charge in [0.05, 0.1) is 24.3 Å². The minimum absolute atomic E-state index is 0.243. The van der Waals surface area contributed by atoms with Gasteiger partial charge in [-0.1, -0.05) is 12.1 Å². The van der Waals surface area contributed by atoms with E-state index in [9.17, 15) is 14.0 Å². The monoisotopic (exact) mass is 375 g/mol. The Bertz CT molecular complexity index is 826. The zero-order valence-electron chi connectivity index (χ0n) is 16.1. The number of nitrogens with zero attached hydrogens (tertiary/aromatic N) is 3. The van der Waals surface area contributed by atoms with Crippen molar-refractivity contribution in [3.05, 3.63) is 41.3 Å². The number of benzene rings is 1. The molecule has 0 atom stereocenters. The van der Waals surface area contributed by atoms with Gasteiger partial charge in [0.15, 0.2) is 0 Å². The van der Waals surface area contributed by atoms with Crippen LogP contribution in [0.25, 0.3) is 11.3 Å². The highest BCUT2D eigenvalue weighted by Crippen LogP contribution is 2.28. The quantitative estimate of drug-likeness (QED) is 0.800. The van der Waals surface area contributed by atoms with E-state index in [1.165, 1.54) is 12.1 Å². The highest BCUT2D eigenvalue weighted by Gasteiger charge is 2.27. The number of fused-ring (bicyclic) bond motifs is 1. The third-order valence-electron chi connectivity index (χ3n) is 4.25. The van der Waals surface area contributed by atoms with Gasteiger partial charge in [0.25, 0.3) is 5.91 Å². The normalized spacial score (nSPS) is 13.4. The van der Waals surface area contributed by atoms with Gasteiger partial charge < -0.3 is 16.0 Å². The van der Waals surface area contributed by atoms with E-state index in [1.807, 2.05) is 7.05 Å². The summed E-state index contributed by atoms with van der Waals surface area (Å²) in [6, 6.07) is 5.84. The Balaban J connectivity index is 0.000000380. The lowest BCUT2D eigenvalue weighted by Gasteiger charge is -2.24. The number of amides is 2. The van der Waals surface area contributed by atoms with Crippen molar-refractivity contribution in [3.63, 3.8) is 0 Å². The van der Waals surface area contributed by atoms with E-state index in [0.717, 1.165) is 6.41 Å². The van der Waals surface area contributed by atoms with Gasteiger partial charge in [-0.05, 0) is 40.0 Å². The molecule has 0 saturated carbocycles. The molecular weight excluding hydrogens is 349 g/mol. The average Bonchev–Trinajstić information content (AvgIpc) is 3.00. The molecule has 8 heteroatoms. The largest absolute Gasteiger partial charge is 0.365 e. The van der Waals surface area contributed by atoms with E-state index in [0.29, 0.717) is 35.6 Å². The summed E-state index contributed by atoms with van der Waals surface area (Å²) in [5.41, 5.74) is 7.41. The first-order valence-electron chi connectivity index (χ1n) is 8.70. The Labute approximate surface area is 158 Å². The summed E-state index contributed by atoms with van der Waals surface area (Å²) in [6.45, 7) is 7.65. The molecule has 2 amide bonds. The maximum Gasteiger partial charge on any atom is 0.252 e. The van der Waals surface area contributed by atoms with Gasteiger partial charge in [0, 0.05) is 17.6 Å². The standard InChI is InChI=1S/C14H13FN4O2.C5H13N/c15-10-3-1-2-9(6-10)13-12(14(16)21)11-7-18(8-20)4-5-19(11)17-13;1-5(2,3)6-4/h1-3,6,8H,4-5,7H2,(H2,16,21);6H,1-4H3. The molecule has 1 aliphatic rings. The van der Waals surface area contributed by atoms with Crippen LogP contribution in [0.1, 0.15) is 36.8 Å². The molecule has 0 unspecified atom stereocenters. The lowest BCUT2D eigenvalue weighted by atomic mass is 10.0. The van der Waals surface area contributed by atoms with Crippen LogP contribution >= 0.6 is 0 Å². The summed E-state index contributed by atoms with van der Waals surface area (Å²) >= 11 is 0. The van der Waals surface area contributed by atoms with Crippen molar-refractivity contribution in [1.82, 2.24) is 20.0 Å². The van der Waals surface area contributed by atoms with Crippen molar-refractivity contribution in [2.24, 2.45) is 5.73 Å². The molecule has 27 heavy (non-hydrogen) atoms. The number of carbonyl (C=O) groups excluding carboxylic acids is 2. The molecule has 1 aromatic heterocycles. The van der Waals surface area contributed by atoms with Crippen molar-refractivity contribution < 1.29 is 14.0 Å². The van der Waals surface area contributed by atoms with Crippen LogP contribution < -0.4 is 11.1 Å². The molecule has 3 N–H and O–H groups in total. The SMILES string of the molecule is CNC(C)(C)C.NC(=O)c1c(-c2cccc(F)c2)nn2c1CN(C=O)CC2. The first kappa shape index (κ1) is 20.6. The predicted octanol–water partition coefficient (Wildman–Crippen LogP) is 1.76. The van der Waals surface area contributed by atoms with E-state index in [4.69, 9.17) is 5.73 Å².